The highest BCUT2D eigenvalue weighted by atomic mass is 16.1. The van der Waals surface area contributed by atoms with Crippen LogP contribution < -0.4 is 5.56 Å². The van der Waals surface area contributed by atoms with Gasteiger partial charge in [-0.05, 0) is 25.1 Å². The van der Waals surface area contributed by atoms with Gasteiger partial charge in [-0.3, -0.25) is 14.7 Å². The SMILES string of the molecule is Cc1ccc(C(=O)/C=C/c2nnc3c4ccccc4c(=O)[nH]n23)cc1. The Morgan fingerprint density at radius 2 is 1.76 bits per heavy atom. The largest absolute Gasteiger partial charge is 0.289 e. The number of aromatic amines is 1. The van der Waals surface area contributed by atoms with Crippen molar-refractivity contribution in [2.45, 2.75) is 6.92 Å². The highest BCUT2D eigenvalue weighted by Crippen LogP contribution is 2.15. The normalized spacial score (nSPS) is 11.6. The van der Waals surface area contributed by atoms with Crippen LogP contribution in [0.25, 0.3) is 22.5 Å². The first kappa shape index (κ1) is 15.0. The first-order chi connectivity index (χ1) is 12.1. The van der Waals surface area contributed by atoms with Crippen LogP contribution in [0.5, 0.6) is 0 Å². The van der Waals surface area contributed by atoms with E-state index >= 15 is 0 Å². The van der Waals surface area contributed by atoms with Crippen LogP contribution in [0.4, 0.5) is 0 Å². The molecule has 0 unspecified atom stereocenters. The zero-order valence-electron chi connectivity index (χ0n) is 13.4. The number of nitrogens with zero attached hydrogens (tertiary/aromatic N) is 3. The van der Waals surface area contributed by atoms with Crippen molar-refractivity contribution in [1.82, 2.24) is 19.8 Å². The number of ketones is 1. The lowest BCUT2D eigenvalue weighted by atomic mass is 10.1. The molecule has 2 aromatic heterocycles. The molecule has 25 heavy (non-hydrogen) atoms. The molecule has 4 aromatic rings. The van der Waals surface area contributed by atoms with E-state index in [1.165, 1.54) is 10.6 Å². The zero-order valence-corrected chi connectivity index (χ0v) is 13.4. The molecule has 0 saturated heterocycles. The van der Waals surface area contributed by atoms with E-state index in [1.54, 1.807) is 30.3 Å². The third kappa shape index (κ3) is 2.63. The average Bonchev–Trinajstić information content (AvgIpc) is 3.03. The standard InChI is InChI=1S/C19H14N4O2/c1-12-6-8-13(9-7-12)16(24)10-11-17-20-21-18-14-4-2-3-5-15(14)19(25)22-23(17)18/h2-11H,1H3,(H,22,25)/b11-10+. The van der Waals surface area contributed by atoms with Gasteiger partial charge in [0.15, 0.2) is 17.3 Å². The Labute approximate surface area is 142 Å². The maximum atomic E-state index is 12.3. The van der Waals surface area contributed by atoms with Crippen molar-refractivity contribution >= 4 is 28.3 Å². The van der Waals surface area contributed by atoms with Gasteiger partial charge in [0.2, 0.25) is 0 Å². The molecule has 0 radical (unpaired) electrons. The Kier molecular flexibility index (Phi) is 3.50. The number of aryl methyl sites for hydroxylation is 1. The average molecular weight is 330 g/mol. The van der Waals surface area contributed by atoms with Crippen LogP contribution in [0.1, 0.15) is 21.7 Å². The van der Waals surface area contributed by atoms with E-state index in [4.69, 9.17) is 0 Å². The van der Waals surface area contributed by atoms with Crippen molar-refractivity contribution in [3.63, 3.8) is 0 Å². The molecular weight excluding hydrogens is 316 g/mol. The van der Waals surface area contributed by atoms with Crippen molar-refractivity contribution in [2.75, 3.05) is 0 Å². The van der Waals surface area contributed by atoms with E-state index in [-0.39, 0.29) is 11.3 Å². The summed E-state index contributed by atoms with van der Waals surface area (Å²) < 4.78 is 1.49. The van der Waals surface area contributed by atoms with Gasteiger partial charge in [-0.2, -0.15) is 0 Å². The highest BCUT2D eigenvalue weighted by Gasteiger charge is 2.10. The Morgan fingerprint density at radius 3 is 2.52 bits per heavy atom. The smallest absolute Gasteiger partial charge is 0.270 e. The second-order valence-corrected chi connectivity index (χ2v) is 5.77. The second-order valence-electron chi connectivity index (χ2n) is 5.77. The number of nitrogens with one attached hydrogen (secondary N) is 1. The van der Waals surface area contributed by atoms with E-state index in [9.17, 15) is 9.59 Å². The van der Waals surface area contributed by atoms with Crippen LogP contribution >= 0.6 is 0 Å². The third-order valence-corrected chi connectivity index (χ3v) is 4.03. The summed E-state index contributed by atoms with van der Waals surface area (Å²) in [6.07, 6.45) is 2.97. The molecule has 0 aliphatic heterocycles. The van der Waals surface area contributed by atoms with E-state index in [1.807, 2.05) is 31.2 Å². The number of benzene rings is 2. The molecule has 0 bridgehead atoms. The summed E-state index contributed by atoms with van der Waals surface area (Å²) in [6, 6.07) is 14.5. The van der Waals surface area contributed by atoms with Gasteiger partial charge in [-0.15, -0.1) is 10.2 Å². The fourth-order valence-electron chi connectivity index (χ4n) is 2.69. The van der Waals surface area contributed by atoms with Crippen LogP contribution in [0.15, 0.2) is 59.4 Å². The number of allylic oxidation sites excluding steroid dienone is 1. The van der Waals surface area contributed by atoms with Crippen LogP contribution in [0.2, 0.25) is 0 Å². The summed E-state index contributed by atoms with van der Waals surface area (Å²) in [5, 5.41) is 12.2. The lowest BCUT2D eigenvalue weighted by Gasteiger charge is -2.00. The highest BCUT2D eigenvalue weighted by molar-refractivity contribution is 6.06. The van der Waals surface area contributed by atoms with E-state index in [0.29, 0.717) is 27.8 Å². The van der Waals surface area contributed by atoms with E-state index in [2.05, 4.69) is 15.3 Å². The molecule has 0 aliphatic rings. The van der Waals surface area contributed by atoms with Crippen molar-refractivity contribution in [1.29, 1.82) is 0 Å². The maximum absolute atomic E-state index is 12.3. The van der Waals surface area contributed by atoms with Crippen LogP contribution in [0, 0.1) is 6.92 Å². The molecule has 0 aliphatic carbocycles. The summed E-state index contributed by atoms with van der Waals surface area (Å²) >= 11 is 0. The Bertz CT molecular complexity index is 1180. The fraction of sp³-hybridized carbons (Fsp3) is 0.0526. The number of hydrogen-bond acceptors (Lipinski definition) is 4. The van der Waals surface area contributed by atoms with Crippen LogP contribution in [-0.2, 0) is 0 Å². The van der Waals surface area contributed by atoms with Crippen molar-refractivity contribution in [2.24, 2.45) is 0 Å². The van der Waals surface area contributed by atoms with Gasteiger partial charge in [0.1, 0.15) is 0 Å². The summed E-state index contributed by atoms with van der Waals surface area (Å²) in [4.78, 5) is 24.5. The zero-order chi connectivity index (χ0) is 17.4. The fourth-order valence-corrected chi connectivity index (χ4v) is 2.69. The predicted octanol–water partition coefficient (Wildman–Crippen LogP) is 2.78. The predicted molar refractivity (Wildman–Crippen MR) is 95.7 cm³/mol. The van der Waals surface area contributed by atoms with Gasteiger partial charge in [-0.1, -0.05) is 48.0 Å². The monoisotopic (exact) mass is 330 g/mol. The Morgan fingerprint density at radius 1 is 1.04 bits per heavy atom. The number of H-pyrrole nitrogens is 1. The van der Waals surface area contributed by atoms with Crippen LogP contribution in [0.3, 0.4) is 0 Å². The molecule has 0 saturated carbocycles. The number of carbonyl (C=O) groups excluding carboxylic acids is 1. The molecule has 6 nitrogen and oxygen atoms in total. The molecule has 0 spiro atoms. The van der Waals surface area contributed by atoms with Crippen molar-refractivity contribution in [3.8, 4) is 0 Å². The topological polar surface area (TPSA) is 80.1 Å². The molecule has 0 atom stereocenters. The summed E-state index contributed by atoms with van der Waals surface area (Å²) in [6.45, 7) is 1.97. The second kappa shape index (κ2) is 5.83. The molecule has 2 heterocycles. The summed E-state index contributed by atoms with van der Waals surface area (Å²) in [5.74, 6) is 0.248. The molecule has 4 rings (SSSR count). The van der Waals surface area contributed by atoms with Gasteiger partial charge >= 0.3 is 0 Å². The molecule has 0 fully saturated rings. The first-order valence-corrected chi connectivity index (χ1v) is 7.79. The lowest BCUT2D eigenvalue weighted by Crippen LogP contribution is -2.12. The minimum atomic E-state index is -0.234. The number of hydrogen-bond donors (Lipinski definition) is 1. The summed E-state index contributed by atoms with van der Waals surface area (Å²) in [7, 11) is 0. The van der Waals surface area contributed by atoms with E-state index in [0.717, 1.165) is 5.56 Å². The molecule has 122 valence electrons. The quantitative estimate of drug-likeness (QED) is 0.463. The minimum absolute atomic E-state index is 0.139. The van der Waals surface area contributed by atoms with Crippen molar-refractivity contribution in [3.05, 3.63) is 81.9 Å². The number of rotatable bonds is 3. The number of fused-ring (bicyclic) bond motifs is 3. The maximum Gasteiger partial charge on any atom is 0.270 e. The van der Waals surface area contributed by atoms with Gasteiger partial charge in [0.25, 0.3) is 5.56 Å². The minimum Gasteiger partial charge on any atom is -0.289 e. The number of aromatic nitrogens is 4. The van der Waals surface area contributed by atoms with Crippen LogP contribution in [-0.4, -0.2) is 25.6 Å². The molecule has 0 amide bonds. The van der Waals surface area contributed by atoms with Gasteiger partial charge in [-0.25, -0.2) is 4.52 Å². The van der Waals surface area contributed by atoms with Gasteiger partial charge < -0.3 is 0 Å². The Balaban J connectivity index is 1.76. The van der Waals surface area contributed by atoms with Gasteiger partial charge in [0.05, 0.1) is 5.39 Å². The number of carbonyl (C=O) groups is 1. The molecule has 6 heteroatoms. The van der Waals surface area contributed by atoms with Crippen molar-refractivity contribution < 1.29 is 4.79 Å². The van der Waals surface area contributed by atoms with Gasteiger partial charge in [0, 0.05) is 10.9 Å². The first-order valence-electron chi connectivity index (χ1n) is 7.79. The summed E-state index contributed by atoms with van der Waals surface area (Å²) in [5.41, 5.74) is 1.99. The molecule has 1 N–H and O–H groups in total. The third-order valence-electron chi connectivity index (χ3n) is 4.03. The lowest BCUT2D eigenvalue weighted by molar-refractivity contribution is 0.104. The molecular formula is C19H14N4O2. The molecule has 2 aromatic carbocycles. The van der Waals surface area contributed by atoms with E-state index < -0.39 is 0 Å². The Hall–Kier alpha value is -3.54.